The van der Waals surface area contributed by atoms with Crippen molar-refractivity contribution in [1.82, 2.24) is 5.32 Å². The second-order valence-corrected chi connectivity index (χ2v) is 4.14. The number of hydrogen-bond donors (Lipinski definition) is 2. The van der Waals surface area contributed by atoms with Crippen LogP contribution in [0.1, 0.15) is 51.4 Å². The van der Waals surface area contributed by atoms with Gasteiger partial charge in [0.05, 0.1) is 0 Å². The van der Waals surface area contributed by atoms with Crippen LogP contribution in [0.2, 0.25) is 0 Å². The summed E-state index contributed by atoms with van der Waals surface area (Å²) in [5.41, 5.74) is 0. The van der Waals surface area contributed by atoms with Crippen LogP contribution in [0.15, 0.2) is 0 Å². The standard InChI is InChI=1S/C11H21NO2/c13-11(14)8-4-2-1-3-6-10-7-5-9-12-10/h10,12H,1-9H2,(H,13,14). The second kappa shape index (κ2) is 6.82. The van der Waals surface area contributed by atoms with E-state index in [9.17, 15) is 4.79 Å². The van der Waals surface area contributed by atoms with Gasteiger partial charge in [0.15, 0.2) is 0 Å². The minimum Gasteiger partial charge on any atom is -0.481 e. The normalized spacial score (nSPS) is 21.3. The third kappa shape index (κ3) is 5.22. The van der Waals surface area contributed by atoms with Gasteiger partial charge in [-0.1, -0.05) is 19.3 Å². The molecule has 0 spiro atoms. The number of hydrogen-bond acceptors (Lipinski definition) is 2. The van der Waals surface area contributed by atoms with Crippen molar-refractivity contribution >= 4 is 5.97 Å². The Bertz CT molecular complexity index is 165. The average molecular weight is 199 g/mol. The zero-order valence-corrected chi connectivity index (χ0v) is 8.80. The summed E-state index contributed by atoms with van der Waals surface area (Å²) in [5.74, 6) is -0.664. The molecule has 3 nitrogen and oxygen atoms in total. The molecule has 1 unspecified atom stereocenters. The SMILES string of the molecule is O=C(O)CCCCCCC1CCCN1. The number of carbonyl (C=O) groups is 1. The van der Waals surface area contributed by atoms with Gasteiger partial charge in [0.25, 0.3) is 0 Å². The maximum absolute atomic E-state index is 10.2. The van der Waals surface area contributed by atoms with Gasteiger partial charge >= 0.3 is 5.97 Å². The van der Waals surface area contributed by atoms with E-state index in [1.54, 1.807) is 0 Å². The lowest BCUT2D eigenvalue weighted by atomic mass is 10.1. The van der Waals surface area contributed by atoms with Gasteiger partial charge in [-0.05, 0) is 32.2 Å². The first-order chi connectivity index (χ1) is 6.79. The lowest BCUT2D eigenvalue weighted by Gasteiger charge is -2.08. The first-order valence-electron chi connectivity index (χ1n) is 5.74. The van der Waals surface area contributed by atoms with E-state index >= 15 is 0 Å². The van der Waals surface area contributed by atoms with Gasteiger partial charge in [0.1, 0.15) is 0 Å². The molecule has 1 atom stereocenters. The zero-order chi connectivity index (χ0) is 10.2. The molecule has 1 fully saturated rings. The minimum atomic E-state index is -0.664. The van der Waals surface area contributed by atoms with Crippen LogP contribution in [0.3, 0.4) is 0 Å². The molecule has 1 aliphatic rings. The Morgan fingerprint density at radius 1 is 1.29 bits per heavy atom. The first kappa shape index (κ1) is 11.5. The van der Waals surface area contributed by atoms with Crippen molar-refractivity contribution in [2.45, 2.75) is 57.4 Å². The van der Waals surface area contributed by atoms with E-state index in [1.165, 1.54) is 38.6 Å². The summed E-state index contributed by atoms with van der Waals surface area (Å²) in [4.78, 5) is 10.2. The van der Waals surface area contributed by atoms with Crippen LogP contribution < -0.4 is 5.32 Å². The fourth-order valence-electron chi connectivity index (χ4n) is 2.02. The Balaban J connectivity index is 1.82. The predicted octanol–water partition coefficient (Wildman–Crippen LogP) is 2.16. The second-order valence-electron chi connectivity index (χ2n) is 4.14. The molecule has 82 valence electrons. The first-order valence-corrected chi connectivity index (χ1v) is 5.74. The molecule has 1 aliphatic heterocycles. The average Bonchev–Trinajstić information content (AvgIpc) is 2.63. The van der Waals surface area contributed by atoms with Crippen LogP contribution in [-0.4, -0.2) is 23.7 Å². The van der Waals surface area contributed by atoms with E-state index in [4.69, 9.17) is 5.11 Å². The quantitative estimate of drug-likeness (QED) is 0.618. The molecule has 1 rings (SSSR count). The van der Waals surface area contributed by atoms with E-state index in [2.05, 4.69) is 5.32 Å². The van der Waals surface area contributed by atoms with Gasteiger partial charge in [0, 0.05) is 12.5 Å². The van der Waals surface area contributed by atoms with Crippen molar-refractivity contribution in [2.75, 3.05) is 6.54 Å². The lowest BCUT2D eigenvalue weighted by Crippen LogP contribution is -2.20. The van der Waals surface area contributed by atoms with Gasteiger partial charge in [-0.3, -0.25) is 4.79 Å². The summed E-state index contributed by atoms with van der Waals surface area (Å²) < 4.78 is 0. The van der Waals surface area contributed by atoms with Gasteiger partial charge in [-0.15, -0.1) is 0 Å². The predicted molar refractivity (Wildman–Crippen MR) is 56.4 cm³/mol. The maximum Gasteiger partial charge on any atom is 0.303 e. The largest absolute Gasteiger partial charge is 0.481 e. The van der Waals surface area contributed by atoms with E-state index in [1.807, 2.05) is 0 Å². The zero-order valence-electron chi connectivity index (χ0n) is 8.80. The van der Waals surface area contributed by atoms with Crippen molar-refractivity contribution in [1.29, 1.82) is 0 Å². The van der Waals surface area contributed by atoms with Gasteiger partial charge in [-0.25, -0.2) is 0 Å². The Kier molecular flexibility index (Phi) is 5.60. The third-order valence-corrected chi connectivity index (χ3v) is 2.86. The highest BCUT2D eigenvalue weighted by molar-refractivity contribution is 5.66. The Labute approximate surface area is 85.9 Å². The van der Waals surface area contributed by atoms with E-state index in [0.717, 1.165) is 18.9 Å². The highest BCUT2D eigenvalue weighted by Crippen LogP contribution is 2.13. The van der Waals surface area contributed by atoms with Crippen LogP contribution >= 0.6 is 0 Å². The van der Waals surface area contributed by atoms with Crippen LogP contribution in [-0.2, 0) is 4.79 Å². The number of nitrogens with one attached hydrogen (secondary N) is 1. The van der Waals surface area contributed by atoms with Crippen LogP contribution in [0.25, 0.3) is 0 Å². The molecule has 0 bridgehead atoms. The summed E-state index contributed by atoms with van der Waals surface area (Å²) in [5, 5.41) is 11.9. The molecule has 0 aromatic rings. The number of aliphatic carboxylic acids is 1. The van der Waals surface area contributed by atoms with E-state index in [-0.39, 0.29) is 0 Å². The number of unbranched alkanes of at least 4 members (excludes halogenated alkanes) is 3. The molecular formula is C11H21NO2. The summed E-state index contributed by atoms with van der Waals surface area (Å²) in [6.07, 6.45) is 8.60. The smallest absolute Gasteiger partial charge is 0.303 e. The van der Waals surface area contributed by atoms with Crippen LogP contribution in [0.4, 0.5) is 0 Å². The van der Waals surface area contributed by atoms with Gasteiger partial charge < -0.3 is 10.4 Å². The van der Waals surface area contributed by atoms with Crippen molar-refractivity contribution in [3.63, 3.8) is 0 Å². The third-order valence-electron chi connectivity index (χ3n) is 2.86. The number of carboxylic acids is 1. The molecule has 2 N–H and O–H groups in total. The van der Waals surface area contributed by atoms with E-state index in [0.29, 0.717) is 6.42 Å². The van der Waals surface area contributed by atoms with Crippen molar-refractivity contribution < 1.29 is 9.90 Å². The van der Waals surface area contributed by atoms with E-state index < -0.39 is 5.97 Å². The van der Waals surface area contributed by atoms with Crippen LogP contribution in [0.5, 0.6) is 0 Å². The Morgan fingerprint density at radius 2 is 2.07 bits per heavy atom. The Morgan fingerprint density at radius 3 is 2.71 bits per heavy atom. The van der Waals surface area contributed by atoms with Gasteiger partial charge in [-0.2, -0.15) is 0 Å². The van der Waals surface area contributed by atoms with Crippen molar-refractivity contribution in [2.24, 2.45) is 0 Å². The molecular weight excluding hydrogens is 178 g/mol. The fourth-order valence-corrected chi connectivity index (χ4v) is 2.02. The summed E-state index contributed by atoms with van der Waals surface area (Å²) in [6.45, 7) is 1.18. The molecule has 0 radical (unpaired) electrons. The molecule has 0 aromatic carbocycles. The molecule has 14 heavy (non-hydrogen) atoms. The molecule has 0 saturated carbocycles. The molecule has 1 heterocycles. The maximum atomic E-state index is 10.2. The highest BCUT2D eigenvalue weighted by Gasteiger charge is 2.12. The van der Waals surface area contributed by atoms with Crippen molar-refractivity contribution in [3.05, 3.63) is 0 Å². The minimum absolute atomic E-state index is 0.335. The van der Waals surface area contributed by atoms with Crippen LogP contribution in [0, 0.1) is 0 Å². The van der Waals surface area contributed by atoms with Crippen molar-refractivity contribution in [3.8, 4) is 0 Å². The summed E-state index contributed by atoms with van der Waals surface area (Å²) in [7, 11) is 0. The fraction of sp³-hybridized carbons (Fsp3) is 0.909. The number of rotatable bonds is 7. The topological polar surface area (TPSA) is 49.3 Å². The highest BCUT2D eigenvalue weighted by atomic mass is 16.4. The number of carboxylic acid groups (broad SMARTS) is 1. The van der Waals surface area contributed by atoms with Gasteiger partial charge in [0.2, 0.25) is 0 Å². The molecule has 3 heteroatoms. The lowest BCUT2D eigenvalue weighted by molar-refractivity contribution is -0.137. The molecule has 0 aromatic heterocycles. The summed E-state index contributed by atoms with van der Waals surface area (Å²) in [6, 6.07) is 0.745. The molecule has 1 saturated heterocycles. The summed E-state index contributed by atoms with van der Waals surface area (Å²) >= 11 is 0. The molecule has 0 aliphatic carbocycles. The molecule has 0 amide bonds. The monoisotopic (exact) mass is 199 g/mol. The Hall–Kier alpha value is -0.570.